The fourth-order valence-corrected chi connectivity index (χ4v) is 2.62. The maximum absolute atomic E-state index is 12.3. The summed E-state index contributed by atoms with van der Waals surface area (Å²) in [4.78, 5) is 24.8. The number of nitrogens with zero attached hydrogens (tertiary/aromatic N) is 1. The van der Waals surface area contributed by atoms with Crippen LogP contribution in [0.5, 0.6) is 11.5 Å². The highest BCUT2D eigenvalue weighted by Crippen LogP contribution is 2.28. The van der Waals surface area contributed by atoms with Gasteiger partial charge < -0.3 is 14.4 Å². The quantitative estimate of drug-likeness (QED) is 0.628. The maximum atomic E-state index is 12.3. The van der Waals surface area contributed by atoms with Crippen LogP contribution in [0.2, 0.25) is 0 Å². The molecule has 0 heterocycles. The van der Waals surface area contributed by atoms with Crippen LogP contribution in [0.1, 0.15) is 22.8 Å². The van der Waals surface area contributed by atoms with Gasteiger partial charge in [-0.05, 0) is 36.8 Å². The van der Waals surface area contributed by atoms with Gasteiger partial charge in [-0.25, -0.2) is 0 Å². The van der Waals surface area contributed by atoms with E-state index in [1.54, 1.807) is 30.1 Å². The van der Waals surface area contributed by atoms with E-state index >= 15 is 0 Å². The monoisotopic (exact) mass is 405 g/mol. The number of carbonyl (C=O) groups excluding carboxylic acids is 2. The Morgan fingerprint density at radius 3 is 2.60 bits per heavy atom. The molecule has 0 N–H and O–H groups in total. The molecule has 5 nitrogen and oxygen atoms in total. The average Bonchev–Trinajstić information content (AvgIpc) is 2.62. The van der Waals surface area contributed by atoms with Crippen LogP contribution >= 0.6 is 15.9 Å². The molecule has 132 valence electrons. The van der Waals surface area contributed by atoms with Crippen LogP contribution < -0.4 is 9.47 Å². The molecule has 2 aromatic carbocycles. The minimum absolute atomic E-state index is 0.110. The van der Waals surface area contributed by atoms with Gasteiger partial charge in [0.25, 0.3) is 5.91 Å². The molecule has 0 aliphatic rings. The summed E-state index contributed by atoms with van der Waals surface area (Å²) >= 11 is 3.48. The Labute approximate surface area is 155 Å². The number of hydrogen-bond donors (Lipinski definition) is 0. The minimum atomic E-state index is -0.155. The first-order chi connectivity index (χ1) is 12.0. The van der Waals surface area contributed by atoms with E-state index in [1.165, 1.54) is 0 Å². The first-order valence-electron chi connectivity index (χ1n) is 7.87. The van der Waals surface area contributed by atoms with Gasteiger partial charge in [-0.15, -0.1) is 0 Å². The third-order valence-electron chi connectivity index (χ3n) is 3.55. The van der Waals surface area contributed by atoms with Gasteiger partial charge in [-0.2, -0.15) is 0 Å². The van der Waals surface area contributed by atoms with Crippen molar-refractivity contribution in [3.63, 3.8) is 0 Å². The third kappa shape index (κ3) is 5.32. The first kappa shape index (κ1) is 19.0. The molecule has 0 bridgehead atoms. The zero-order valence-corrected chi connectivity index (χ0v) is 15.8. The average molecular weight is 406 g/mol. The number of benzene rings is 2. The standard InChI is InChI=1S/C19H20BrNO4/c1-3-24-18-10-14(12-22)8-9-17(18)25-13-19(23)21(2)11-15-6-4-5-7-16(15)20/h4-10,12H,3,11,13H2,1-2H3. The molecule has 0 aliphatic carbocycles. The summed E-state index contributed by atoms with van der Waals surface area (Å²) in [6.07, 6.45) is 0.739. The summed E-state index contributed by atoms with van der Waals surface area (Å²) in [7, 11) is 1.73. The fraction of sp³-hybridized carbons (Fsp3) is 0.263. The number of amides is 1. The molecule has 6 heteroatoms. The molecule has 2 rings (SSSR count). The highest BCUT2D eigenvalue weighted by atomic mass is 79.9. The molecular formula is C19H20BrNO4. The Hall–Kier alpha value is -2.34. The van der Waals surface area contributed by atoms with Gasteiger partial charge in [-0.1, -0.05) is 34.1 Å². The second-order valence-corrected chi connectivity index (χ2v) is 6.24. The number of halogens is 1. The van der Waals surface area contributed by atoms with E-state index in [1.807, 2.05) is 31.2 Å². The van der Waals surface area contributed by atoms with Crippen molar-refractivity contribution in [2.75, 3.05) is 20.3 Å². The molecule has 0 aliphatic heterocycles. The lowest BCUT2D eigenvalue weighted by atomic mass is 10.2. The number of aldehydes is 1. The Balaban J connectivity index is 1.99. The summed E-state index contributed by atoms with van der Waals surface area (Å²) < 4.78 is 12.0. The molecule has 0 spiro atoms. The van der Waals surface area contributed by atoms with Crippen molar-refractivity contribution in [2.24, 2.45) is 0 Å². The molecule has 0 fully saturated rings. The van der Waals surface area contributed by atoms with Crippen molar-refractivity contribution in [2.45, 2.75) is 13.5 Å². The van der Waals surface area contributed by atoms with Crippen LogP contribution in [0.25, 0.3) is 0 Å². The van der Waals surface area contributed by atoms with E-state index in [9.17, 15) is 9.59 Å². The lowest BCUT2D eigenvalue weighted by molar-refractivity contribution is -0.132. The van der Waals surface area contributed by atoms with Crippen LogP contribution in [-0.2, 0) is 11.3 Å². The summed E-state index contributed by atoms with van der Waals surface area (Å²) in [5.41, 5.74) is 1.51. The van der Waals surface area contributed by atoms with Gasteiger partial charge >= 0.3 is 0 Å². The van der Waals surface area contributed by atoms with Gasteiger partial charge in [0.05, 0.1) is 6.61 Å². The smallest absolute Gasteiger partial charge is 0.260 e. The van der Waals surface area contributed by atoms with Crippen molar-refractivity contribution < 1.29 is 19.1 Å². The Kier molecular flexibility index (Phi) is 7.01. The van der Waals surface area contributed by atoms with Crippen LogP contribution in [-0.4, -0.2) is 37.4 Å². The van der Waals surface area contributed by atoms with E-state index < -0.39 is 0 Å². The topological polar surface area (TPSA) is 55.8 Å². The number of rotatable bonds is 8. The van der Waals surface area contributed by atoms with Crippen LogP contribution in [0, 0.1) is 0 Å². The summed E-state index contributed by atoms with van der Waals surface area (Å²) in [6, 6.07) is 12.6. The molecule has 0 unspecified atom stereocenters. The normalized spacial score (nSPS) is 10.2. The van der Waals surface area contributed by atoms with Crippen LogP contribution in [0.15, 0.2) is 46.9 Å². The lowest BCUT2D eigenvalue weighted by Gasteiger charge is -2.19. The van der Waals surface area contributed by atoms with Gasteiger partial charge in [0, 0.05) is 23.6 Å². The second-order valence-electron chi connectivity index (χ2n) is 5.39. The number of likely N-dealkylation sites (N-methyl/N-ethyl adjacent to an activating group) is 1. The molecule has 0 saturated heterocycles. The molecule has 1 amide bonds. The SMILES string of the molecule is CCOc1cc(C=O)ccc1OCC(=O)N(C)Cc1ccccc1Br. The number of ether oxygens (including phenoxy) is 2. The Bertz CT molecular complexity index is 748. The van der Waals surface area contributed by atoms with Crippen molar-refractivity contribution in [1.29, 1.82) is 0 Å². The molecular weight excluding hydrogens is 386 g/mol. The predicted molar refractivity (Wildman–Crippen MR) is 99.1 cm³/mol. The zero-order valence-electron chi connectivity index (χ0n) is 14.2. The van der Waals surface area contributed by atoms with Gasteiger partial charge in [0.1, 0.15) is 6.29 Å². The molecule has 0 aromatic heterocycles. The second kappa shape index (κ2) is 9.22. The highest BCUT2D eigenvalue weighted by molar-refractivity contribution is 9.10. The molecule has 0 radical (unpaired) electrons. The van der Waals surface area contributed by atoms with Crippen LogP contribution in [0.4, 0.5) is 0 Å². The summed E-state index contributed by atoms with van der Waals surface area (Å²) in [5, 5.41) is 0. The van der Waals surface area contributed by atoms with Gasteiger partial charge in [0.15, 0.2) is 18.1 Å². The van der Waals surface area contributed by atoms with Crippen LogP contribution in [0.3, 0.4) is 0 Å². The minimum Gasteiger partial charge on any atom is -0.490 e. The number of hydrogen-bond acceptors (Lipinski definition) is 4. The molecule has 0 saturated carbocycles. The van der Waals surface area contributed by atoms with E-state index in [-0.39, 0.29) is 12.5 Å². The van der Waals surface area contributed by atoms with Crippen molar-refractivity contribution >= 4 is 28.1 Å². The molecule has 0 atom stereocenters. The predicted octanol–water partition coefficient (Wildman–Crippen LogP) is 3.70. The summed E-state index contributed by atoms with van der Waals surface area (Å²) in [6.45, 7) is 2.65. The van der Waals surface area contributed by atoms with Crippen molar-refractivity contribution in [1.82, 2.24) is 4.90 Å². The van der Waals surface area contributed by atoms with Gasteiger partial charge in [0.2, 0.25) is 0 Å². The fourth-order valence-electron chi connectivity index (χ4n) is 2.21. The molecule has 2 aromatic rings. The van der Waals surface area contributed by atoms with Crippen molar-refractivity contribution in [3.05, 3.63) is 58.1 Å². The van der Waals surface area contributed by atoms with E-state index in [2.05, 4.69) is 15.9 Å². The van der Waals surface area contributed by atoms with Crippen molar-refractivity contribution in [3.8, 4) is 11.5 Å². The summed E-state index contributed by atoms with van der Waals surface area (Å²) in [5.74, 6) is 0.737. The lowest BCUT2D eigenvalue weighted by Crippen LogP contribution is -2.31. The highest BCUT2D eigenvalue weighted by Gasteiger charge is 2.13. The Morgan fingerprint density at radius 1 is 1.16 bits per heavy atom. The third-order valence-corrected chi connectivity index (χ3v) is 4.32. The molecule has 25 heavy (non-hydrogen) atoms. The zero-order chi connectivity index (χ0) is 18.2. The van der Waals surface area contributed by atoms with Gasteiger partial charge in [-0.3, -0.25) is 9.59 Å². The van der Waals surface area contributed by atoms with E-state index in [0.29, 0.717) is 30.2 Å². The van der Waals surface area contributed by atoms with E-state index in [0.717, 1.165) is 16.3 Å². The number of carbonyl (C=O) groups is 2. The largest absolute Gasteiger partial charge is 0.490 e. The van der Waals surface area contributed by atoms with E-state index in [4.69, 9.17) is 9.47 Å². The first-order valence-corrected chi connectivity index (χ1v) is 8.66. The Morgan fingerprint density at radius 2 is 1.92 bits per heavy atom. The maximum Gasteiger partial charge on any atom is 0.260 e.